The summed E-state index contributed by atoms with van der Waals surface area (Å²) in [7, 11) is -0.185. The molecule has 0 aliphatic carbocycles. The molecule has 1 heterocycles. The fraction of sp³-hybridized carbons (Fsp3) is 0.500. The molecule has 0 unspecified atom stereocenters. The van der Waals surface area contributed by atoms with E-state index in [9.17, 15) is 18.0 Å². The number of amides is 1. The standard InChI is InChI=1S/C16H21NO6S/c1-11-4-5-12(16(19)22-3)8-14(11)23-9-15(18)17(2)13-6-7-24(20,21)10-13/h4-5,8,13H,6-7,9-10H2,1-3H3/t13-/m0/s1. The van der Waals surface area contributed by atoms with Gasteiger partial charge in [0.25, 0.3) is 5.91 Å². The van der Waals surface area contributed by atoms with E-state index in [1.54, 1.807) is 26.1 Å². The maximum absolute atomic E-state index is 12.2. The summed E-state index contributed by atoms with van der Waals surface area (Å²) in [6.07, 6.45) is 0.446. The molecule has 1 atom stereocenters. The quantitative estimate of drug-likeness (QED) is 0.726. The number of nitrogens with zero attached hydrogens (tertiary/aromatic N) is 1. The van der Waals surface area contributed by atoms with Crippen LogP contribution in [0.2, 0.25) is 0 Å². The molecule has 0 saturated carbocycles. The number of benzene rings is 1. The van der Waals surface area contributed by atoms with Crippen molar-refractivity contribution >= 4 is 21.7 Å². The first-order valence-electron chi connectivity index (χ1n) is 7.51. The van der Waals surface area contributed by atoms with Crippen molar-refractivity contribution < 1.29 is 27.5 Å². The minimum absolute atomic E-state index is 0.00784. The number of likely N-dealkylation sites (N-methyl/N-ethyl adjacent to an activating group) is 1. The zero-order chi connectivity index (χ0) is 17.9. The van der Waals surface area contributed by atoms with Gasteiger partial charge in [0, 0.05) is 13.1 Å². The Morgan fingerprint density at radius 1 is 1.33 bits per heavy atom. The van der Waals surface area contributed by atoms with Gasteiger partial charge < -0.3 is 14.4 Å². The fourth-order valence-electron chi connectivity index (χ4n) is 2.53. The molecule has 0 aromatic heterocycles. The average Bonchev–Trinajstić information content (AvgIpc) is 2.92. The van der Waals surface area contributed by atoms with Crippen molar-refractivity contribution in [1.29, 1.82) is 0 Å². The van der Waals surface area contributed by atoms with Crippen molar-refractivity contribution in [2.45, 2.75) is 19.4 Å². The lowest BCUT2D eigenvalue weighted by molar-refractivity contribution is -0.133. The second-order valence-corrected chi connectivity index (χ2v) is 8.05. The number of methoxy groups -OCH3 is 1. The lowest BCUT2D eigenvalue weighted by Crippen LogP contribution is -2.40. The van der Waals surface area contributed by atoms with E-state index in [1.165, 1.54) is 18.1 Å². The van der Waals surface area contributed by atoms with Gasteiger partial charge in [0.1, 0.15) is 5.75 Å². The fourth-order valence-corrected chi connectivity index (χ4v) is 4.30. The molecule has 0 radical (unpaired) electrons. The third-order valence-electron chi connectivity index (χ3n) is 4.11. The van der Waals surface area contributed by atoms with Gasteiger partial charge in [-0.1, -0.05) is 6.07 Å². The molecule has 1 fully saturated rings. The zero-order valence-electron chi connectivity index (χ0n) is 13.9. The second kappa shape index (κ2) is 7.21. The van der Waals surface area contributed by atoms with E-state index >= 15 is 0 Å². The van der Waals surface area contributed by atoms with E-state index in [0.29, 0.717) is 17.7 Å². The van der Waals surface area contributed by atoms with Crippen LogP contribution in [0.15, 0.2) is 18.2 Å². The van der Waals surface area contributed by atoms with Gasteiger partial charge in [0.2, 0.25) is 0 Å². The summed E-state index contributed by atoms with van der Waals surface area (Å²) in [5.74, 6) is -0.277. The Balaban J connectivity index is 2.00. The number of ether oxygens (including phenoxy) is 2. The van der Waals surface area contributed by atoms with E-state index in [0.717, 1.165) is 5.56 Å². The first kappa shape index (κ1) is 18.3. The van der Waals surface area contributed by atoms with Crippen LogP contribution in [0.1, 0.15) is 22.3 Å². The number of aryl methyl sites for hydroxylation is 1. The van der Waals surface area contributed by atoms with Crippen LogP contribution in [0.5, 0.6) is 5.75 Å². The molecule has 2 rings (SSSR count). The molecular formula is C16H21NO6S. The Labute approximate surface area is 141 Å². The number of hydrogen-bond acceptors (Lipinski definition) is 6. The molecule has 1 amide bonds. The van der Waals surface area contributed by atoms with Crippen LogP contribution in [0.3, 0.4) is 0 Å². The van der Waals surface area contributed by atoms with Gasteiger partial charge in [-0.25, -0.2) is 13.2 Å². The number of hydrogen-bond donors (Lipinski definition) is 0. The summed E-state index contributed by atoms with van der Waals surface area (Å²) in [6.45, 7) is 1.58. The highest BCUT2D eigenvalue weighted by Gasteiger charge is 2.32. The summed E-state index contributed by atoms with van der Waals surface area (Å²) >= 11 is 0. The SMILES string of the molecule is COC(=O)c1ccc(C)c(OCC(=O)N(C)[C@H]2CCS(=O)(=O)C2)c1. The molecule has 24 heavy (non-hydrogen) atoms. The number of carbonyl (C=O) groups excluding carboxylic acids is 2. The van der Waals surface area contributed by atoms with Crippen LogP contribution in [-0.2, 0) is 19.4 Å². The first-order chi connectivity index (χ1) is 11.2. The van der Waals surface area contributed by atoms with Crippen LogP contribution in [0.25, 0.3) is 0 Å². The van der Waals surface area contributed by atoms with E-state index in [2.05, 4.69) is 4.74 Å². The normalized spacial score (nSPS) is 18.9. The monoisotopic (exact) mass is 355 g/mol. The number of sulfone groups is 1. The molecule has 0 N–H and O–H groups in total. The molecule has 0 spiro atoms. The molecule has 132 valence electrons. The molecule has 1 aromatic carbocycles. The third kappa shape index (κ3) is 4.25. The summed E-state index contributed by atoms with van der Waals surface area (Å²) < 4.78 is 33.2. The lowest BCUT2D eigenvalue weighted by atomic mass is 10.1. The smallest absolute Gasteiger partial charge is 0.337 e. The van der Waals surface area contributed by atoms with Gasteiger partial charge in [-0.15, -0.1) is 0 Å². The lowest BCUT2D eigenvalue weighted by Gasteiger charge is -2.23. The van der Waals surface area contributed by atoms with Crippen molar-refractivity contribution in [3.63, 3.8) is 0 Å². The Morgan fingerprint density at radius 2 is 2.04 bits per heavy atom. The third-order valence-corrected chi connectivity index (χ3v) is 5.86. The van der Waals surface area contributed by atoms with Crippen LogP contribution in [0.4, 0.5) is 0 Å². The van der Waals surface area contributed by atoms with Crippen molar-refractivity contribution in [3.05, 3.63) is 29.3 Å². The van der Waals surface area contributed by atoms with Crippen molar-refractivity contribution in [3.8, 4) is 5.75 Å². The Bertz CT molecular complexity index is 743. The minimum atomic E-state index is -3.05. The maximum atomic E-state index is 12.2. The van der Waals surface area contributed by atoms with E-state index in [4.69, 9.17) is 4.74 Å². The predicted molar refractivity (Wildman–Crippen MR) is 87.8 cm³/mol. The number of carbonyl (C=O) groups is 2. The summed E-state index contributed by atoms with van der Waals surface area (Å²) in [5, 5.41) is 0. The van der Waals surface area contributed by atoms with E-state index in [-0.39, 0.29) is 30.1 Å². The molecule has 7 nitrogen and oxygen atoms in total. The average molecular weight is 355 g/mol. The Hall–Kier alpha value is -2.09. The summed E-state index contributed by atoms with van der Waals surface area (Å²) in [6, 6.07) is 4.53. The van der Waals surface area contributed by atoms with Crippen LogP contribution >= 0.6 is 0 Å². The number of rotatable bonds is 5. The summed E-state index contributed by atoms with van der Waals surface area (Å²) in [5.41, 5.74) is 1.11. The van der Waals surface area contributed by atoms with Gasteiger partial charge in [-0.05, 0) is 31.0 Å². The molecule has 1 aliphatic rings. The van der Waals surface area contributed by atoms with E-state index < -0.39 is 15.8 Å². The van der Waals surface area contributed by atoms with Gasteiger partial charge in [-0.3, -0.25) is 4.79 Å². The zero-order valence-corrected chi connectivity index (χ0v) is 14.8. The van der Waals surface area contributed by atoms with Crippen LogP contribution < -0.4 is 4.74 Å². The molecule has 1 aromatic rings. The van der Waals surface area contributed by atoms with Crippen LogP contribution in [-0.4, -0.2) is 63.5 Å². The van der Waals surface area contributed by atoms with E-state index in [1.807, 2.05) is 0 Å². The van der Waals surface area contributed by atoms with Gasteiger partial charge >= 0.3 is 5.97 Å². The van der Waals surface area contributed by atoms with Crippen molar-refractivity contribution in [2.24, 2.45) is 0 Å². The molecule has 8 heteroatoms. The molecule has 1 saturated heterocycles. The minimum Gasteiger partial charge on any atom is -0.483 e. The van der Waals surface area contributed by atoms with Gasteiger partial charge in [0.15, 0.2) is 16.4 Å². The highest BCUT2D eigenvalue weighted by atomic mass is 32.2. The largest absolute Gasteiger partial charge is 0.483 e. The van der Waals surface area contributed by atoms with Crippen molar-refractivity contribution in [2.75, 3.05) is 32.3 Å². The van der Waals surface area contributed by atoms with Gasteiger partial charge in [0.05, 0.1) is 24.2 Å². The topological polar surface area (TPSA) is 90.0 Å². The maximum Gasteiger partial charge on any atom is 0.337 e. The Morgan fingerprint density at radius 3 is 2.62 bits per heavy atom. The highest BCUT2D eigenvalue weighted by molar-refractivity contribution is 7.91. The second-order valence-electron chi connectivity index (χ2n) is 5.82. The molecule has 0 bridgehead atoms. The first-order valence-corrected chi connectivity index (χ1v) is 9.33. The van der Waals surface area contributed by atoms with Crippen LogP contribution in [0, 0.1) is 6.92 Å². The predicted octanol–water partition coefficient (Wildman–Crippen LogP) is 0.806. The Kier molecular flexibility index (Phi) is 5.48. The number of esters is 1. The molecule has 1 aliphatic heterocycles. The summed E-state index contributed by atoms with van der Waals surface area (Å²) in [4.78, 5) is 25.2. The van der Waals surface area contributed by atoms with Gasteiger partial charge in [-0.2, -0.15) is 0 Å². The van der Waals surface area contributed by atoms with Crippen molar-refractivity contribution in [1.82, 2.24) is 4.90 Å². The highest BCUT2D eigenvalue weighted by Crippen LogP contribution is 2.21. The molecular weight excluding hydrogens is 334 g/mol.